The van der Waals surface area contributed by atoms with E-state index in [1.165, 1.54) is 78.1 Å². The summed E-state index contributed by atoms with van der Waals surface area (Å²) in [5.74, 6) is 2.08. The van der Waals surface area contributed by atoms with Crippen molar-refractivity contribution in [3.63, 3.8) is 0 Å². The fourth-order valence-electron chi connectivity index (χ4n) is 11.8. The van der Waals surface area contributed by atoms with Crippen molar-refractivity contribution in [3.05, 3.63) is 219 Å². The van der Waals surface area contributed by atoms with Gasteiger partial charge in [0.05, 0.1) is 17.6 Å². The van der Waals surface area contributed by atoms with Crippen LogP contribution in [0.4, 0.5) is 5.69 Å². The molecule has 0 spiro atoms. The number of nitrogens with zero attached hydrogens (tertiary/aromatic N) is 4. The number of guanidine groups is 1. The Morgan fingerprint density at radius 3 is 2.31 bits per heavy atom. The molecular formula is C57H47N5. The standard InChI is InChI=1S/C57H47N5/c1-2-17-36(18-3-1)40-24-10-11-27-44(40)55-58-56(45-30-16-22-37-19-4-7-23-41(37)45)60-57(59-55)62-49-32-15-13-29-47(49)53-51(62)35-39-21-6-9-26-43(39)54(53)61-48-31-14-12-28-46(48)52-42-25-8-5-20-38(42)33-34-50(52)61/h1-7,9-13,15-17,19-24,26-29,32-36,45,53-54,56H,8,14,18,25,30-31H2,(H,58,59,60). The van der Waals surface area contributed by atoms with Gasteiger partial charge in [-0.15, -0.1) is 0 Å². The van der Waals surface area contributed by atoms with E-state index in [-0.39, 0.29) is 30.0 Å². The number of aromatic nitrogens is 1. The number of hydrogen-bond donors (Lipinski definition) is 1. The summed E-state index contributed by atoms with van der Waals surface area (Å²) < 4.78 is 2.77. The van der Waals surface area contributed by atoms with Crippen LogP contribution in [0.5, 0.6) is 0 Å². The van der Waals surface area contributed by atoms with Crippen molar-refractivity contribution in [3.8, 4) is 0 Å². The number of allylic oxidation sites excluding steroid dienone is 8. The monoisotopic (exact) mass is 801 g/mol. The van der Waals surface area contributed by atoms with Crippen molar-refractivity contribution in [1.82, 2.24) is 9.88 Å². The Kier molecular flexibility index (Phi) is 8.25. The van der Waals surface area contributed by atoms with E-state index in [1.54, 1.807) is 0 Å². The zero-order valence-electron chi connectivity index (χ0n) is 34.7. The van der Waals surface area contributed by atoms with E-state index in [9.17, 15) is 0 Å². The zero-order valence-corrected chi connectivity index (χ0v) is 34.7. The van der Waals surface area contributed by atoms with Crippen LogP contribution in [0.15, 0.2) is 167 Å². The van der Waals surface area contributed by atoms with Crippen molar-refractivity contribution in [2.24, 2.45) is 9.98 Å². The van der Waals surface area contributed by atoms with E-state index in [1.807, 2.05) is 0 Å². The summed E-state index contributed by atoms with van der Waals surface area (Å²) in [5, 5.41) is 5.48. The summed E-state index contributed by atoms with van der Waals surface area (Å²) in [6.45, 7) is 0. The Balaban J connectivity index is 1.01. The molecule has 5 heteroatoms. The second-order valence-corrected chi connectivity index (χ2v) is 17.7. The van der Waals surface area contributed by atoms with Crippen LogP contribution in [-0.2, 0) is 12.8 Å². The van der Waals surface area contributed by atoms with Gasteiger partial charge in [0.25, 0.3) is 0 Å². The third kappa shape index (κ3) is 5.47. The number of aryl methyl sites for hydroxylation is 1. The lowest BCUT2D eigenvalue weighted by molar-refractivity contribution is 0.497. The van der Waals surface area contributed by atoms with Crippen LogP contribution in [0.1, 0.15) is 111 Å². The Labute approximate surface area is 363 Å². The maximum absolute atomic E-state index is 5.65. The fraction of sp³-hybridized carbons (Fsp3) is 0.193. The molecule has 7 aliphatic rings. The minimum absolute atomic E-state index is 0.0441. The van der Waals surface area contributed by atoms with E-state index < -0.39 is 0 Å². The van der Waals surface area contributed by atoms with Crippen molar-refractivity contribution < 1.29 is 0 Å². The summed E-state index contributed by atoms with van der Waals surface area (Å²) in [6, 6.07) is 40.7. The first kappa shape index (κ1) is 35.7. The number of rotatable bonds is 4. The van der Waals surface area contributed by atoms with Gasteiger partial charge in [-0.3, -0.25) is 4.90 Å². The van der Waals surface area contributed by atoms with Crippen LogP contribution in [0.3, 0.4) is 0 Å². The van der Waals surface area contributed by atoms with Crippen LogP contribution in [0.2, 0.25) is 0 Å². The van der Waals surface area contributed by atoms with Gasteiger partial charge in [-0.05, 0) is 101 Å². The molecule has 3 heterocycles. The number of hydrogen-bond acceptors (Lipinski definition) is 4. The number of nitrogens with one attached hydrogen (secondary N) is 1. The second-order valence-electron chi connectivity index (χ2n) is 17.7. The molecule has 1 aromatic heterocycles. The van der Waals surface area contributed by atoms with Gasteiger partial charge in [0.1, 0.15) is 6.17 Å². The van der Waals surface area contributed by atoms with Gasteiger partial charge < -0.3 is 9.88 Å². The minimum Gasteiger partial charge on any atom is -0.335 e. The molecule has 0 fully saturated rings. The average Bonchev–Trinajstić information content (AvgIpc) is 3.86. The van der Waals surface area contributed by atoms with Crippen LogP contribution < -0.4 is 10.2 Å². The Hall–Kier alpha value is -6.98. The molecule has 5 nitrogen and oxygen atoms in total. The van der Waals surface area contributed by atoms with Crippen LogP contribution in [0, 0.1) is 0 Å². The van der Waals surface area contributed by atoms with E-state index in [2.05, 4.69) is 191 Å². The van der Waals surface area contributed by atoms with Gasteiger partial charge in [-0.2, -0.15) is 4.99 Å². The number of fused-ring (bicyclic) bond motifs is 10. The van der Waals surface area contributed by atoms with Gasteiger partial charge >= 0.3 is 0 Å². The van der Waals surface area contributed by atoms with Crippen LogP contribution in [0.25, 0.3) is 35.2 Å². The maximum Gasteiger partial charge on any atom is 0.211 e. The molecule has 5 unspecified atom stereocenters. The van der Waals surface area contributed by atoms with Crippen molar-refractivity contribution in [1.29, 1.82) is 0 Å². The number of amidine groups is 1. The highest BCUT2D eigenvalue weighted by atomic mass is 15.4. The SMILES string of the molecule is C1=CCC(c2ccccc2C2=NC(C3CC=Cc4ccccc43)NC(N3C4=Cc5ccccc5C(n5c6c(c7c8c(ccc75)C=CCC8)C=CCC6)C4c4ccccc43)=N2)C=C1. The average molecular weight is 802 g/mol. The van der Waals surface area contributed by atoms with E-state index in [0.29, 0.717) is 0 Å². The minimum atomic E-state index is -0.232. The summed E-state index contributed by atoms with van der Waals surface area (Å²) >= 11 is 0. The van der Waals surface area contributed by atoms with Gasteiger partial charge in [0, 0.05) is 45.3 Å². The molecule has 0 saturated carbocycles. The smallest absolute Gasteiger partial charge is 0.211 e. The van der Waals surface area contributed by atoms with Crippen molar-refractivity contribution >= 4 is 52.7 Å². The first-order valence-corrected chi connectivity index (χ1v) is 22.6. The molecule has 0 saturated heterocycles. The van der Waals surface area contributed by atoms with Crippen LogP contribution in [-0.4, -0.2) is 22.5 Å². The summed E-state index contributed by atoms with van der Waals surface area (Å²) in [7, 11) is 0. The van der Waals surface area contributed by atoms with Gasteiger partial charge in [0.15, 0.2) is 5.84 Å². The molecule has 5 aliphatic carbocycles. The molecule has 5 atom stereocenters. The molecule has 0 amide bonds. The molecule has 6 aromatic rings. The van der Waals surface area contributed by atoms with Crippen LogP contribution >= 0.6 is 0 Å². The molecule has 13 rings (SSSR count). The third-order valence-electron chi connectivity index (χ3n) is 14.5. The molecule has 62 heavy (non-hydrogen) atoms. The third-order valence-corrected chi connectivity index (χ3v) is 14.5. The highest BCUT2D eigenvalue weighted by Gasteiger charge is 2.47. The van der Waals surface area contributed by atoms with Crippen molar-refractivity contribution in [2.45, 2.75) is 68.5 Å². The lowest BCUT2D eigenvalue weighted by atomic mass is 9.79. The number of aliphatic imine (C=N–C) groups is 2. The Bertz CT molecular complexity index is 3110. The number of para-hydroxylation sites is 1. The van der Waals surface area contributed by atoms with Crippen molar-refractivity contribution in [2.75, 3.05) is 4.90 Å². The number of anilines is 1. The molecule has 0 bridgehead atoms. The molecular weight excluding hydrogens is 755 g/mol. The summed E-state index contributed by atoms with van der Waals surface area (Å²) in [6.07, 6.45) is 31.3. The van der Waals surface area contributed by atoms with E-state index in [4.69, 9.17) is 9.98 Å². The first-order chi connectivity index (χ1) is 30.8. The molecule has 300 valence electrons. The summed E-state index contributed by atoms with van der Waals surface area (Å²) in [4.78, 5) is 13.7. The zero-order chi connectivity index (χ0) is 40.7. The highest BCUT2D eigenvalue weighted by molar-refractivity contribution is 6.15. The molecule has 0 radical (unpaired) electrons. The number of benzene rings is 5. The Morgan fingerprint density at radius 1 is 0.629 bits per heavy atom. The highest BCUT2D eigenvalue weighted by Crippen LogP contribution is 2.56. The van der Waals surface area contributed by atoms with Gasteiger partial charge in [0.2, 0.25) is 5.96 Å². The largest absolute Gasteiger partial charge is 0.335 e. The summed E-state index contributed by atoms with van der Waals surface area (Å²) in [5.41, 5.74) is 18.4. The molecule has 5 aromatic carbocycles. The lowest BCUT2D eigenvalue weighted by Crippen LogP contribution is -2.50. The first-order valence-electron chi connectivity index (χ1n) is 22.6. The lowest BCUT2D eigenvalue weighted by Gasteiger charge is -2.38. The molecule has 1 N–H and O–H groups in total. The van der Waals surface area contributed by atoms with E-state index in [0.717, 1.165) is 55.9 Å². The predicted molar refractivity (Wildman–Crippen MR) is 257 cm³/mol. The predicted octanol–water partition coefficient (Wildman–Crippen LogP) is 12.6. The Morgan fingerprint density at radius 2 is 1.40 bits per heavy atom. The maximum atomic E-state index is 5.65. The topological polar surface area (TPSA) is 44.9 Å². The normalized spacial score (nSPS) is 23.6. The quantitative estimate of drug-likeness (QED) is 0.193. The van der Waals surface area contributed by atoms with E-state index >= 15 is 0 Å². The second kappa shape index (κ2) is 14.3. The van der Waals surface area contributed by atoms with Gasteiger partial charge in [-0.25, -0.2) is 4.99 Å². The molecule has 2 aliphatic heterocycles. The fourth-order valence-corrected chi connectivity index (χ4v) is 11.8. The van der Waals surface area contributed by atoms with Gasteiger partial charge in [-0.1, -0.05) is 158 Å².